The molecule has 7 nitrogen and oxygen atoms in total. The number of amides is 1. The van der Waals surface area contributed by atoms with Crippen molar-refractivity contribution in [2.24, 2.45) is 11.3 Å². The van der Waals surface area contributed by atoms with E-state index in [1.54, 1.807) is 36.4 Å². The highest BCUT2D eigenvalue weighted by molar-refractivity contribution is 5.96. The largest absolute Gasteiger partial charge is 0.573 e. The highest BCUT2D eigenvalue weighted by Crippen LogP contribution is 2.67. The second-order valence-corrected chi connectivity index (χ2v) is 14.3. The van der Waals surface area contributed by atoms with Crippen LogP contribution in [0.15, 0.2) is 89.3 Å². The summed E-state index contributed by atoms with van der Waals surface area (Å²) in [6.45, 7) is 1.99. The average molecular weight is 651 g/mol. The summed E-state index contributed by atoms with van der Waals surface area (Å²) in [6, 6.07) is 19.1. The molecule has 7 rings (SSSR count). The summed E-state index contributed by atoms with van der Waals surface area (Å²) in [5.74, 6) is -1.80. The lowest BCUT2D eigenvalue weighted by atomic mass is 9.49. The number of carbonyl (C=O) groups is 1. The third-order valence-electron chi connectivity index (χ3n) is 11.5. The Balaban J connectivity index is 1.26. The molecule has 3 unspecified atom stereocenters. The molecule has 7 atom stereocenters. The van der Waals surface area contributed by atoms with Gasteiger partial charge in [0.2, 0.25) is 0 Å². The Bertz CT molecular complexity index is 1620. The second-order valence-electron chi connectivity index (χ2n) is 14.3. The van der Waals surface area contributed by atoms with Gasteiger partial charge in [0.1, 0.15) is 6.10 Å². The number of nitrogens with one attached hydrogen (secondary N) is 1. The first kappa shape index (κ1) is 32.0. The normalized spacial score (nSPS) is 34.4. The van der Waals surface area contributed by atoms with Gasteiger partial charge in [-0.1, -0.05) is 67.1 Å². The number of allylic oxidation sites excluding steroid dienone is 1. The van der Waals surface area contributed by atoms with Crippen molar-refractivity contribution in [3.05, 3.63) is 100 Å². The lowest BCUT2D eigenvalue weighted by Crippen LogP contribution is -2.69. The fourth-order valence-corrected chi connectivity index (χ4v) is 9.45. The summed E-state index contributed by atoms with van der Waals surface area (Å²) in [6.07, 6.45) is 2.01. The van der Waals surface area contributed by atoms with E-state index in [1.165, 1.54) is 5.56 Å². The van der Waals surface area contributed by atoms with Crippen LogP contribution in [0.25, 0.3) is 6.08 Å². The van der Waals surface area contributed by atoms with Crippen LogP contribution in [0.4, 0.5) is 13.2 Å². The van der Waals surface area contributed by atoms with E-state index in [9.17, 15) is 23.1 Å². The first-order valence-electron chi connectivity index (χ1n) is 16.6. The number of halogens is 3. The molecular weight excluding hydrogens is 607 g/mol. The quantitative estimate of drug-likeness (QED) is 0.170. The monoisotopic (exact) mass is 650 g/mol. The Morgan fingerprint density at radius 1 is 1.13 bits per heavy atom. The predicted molar refractivity (Wildman–Crippen MR) is 171 cm³/mol. The highest BCUT2D eigenvalue weighted by Gasteiger charge is 2.71. The van der Waals surface area contributed by atoms with Crippen LogP contribution < -0.4 is 5.32 Å². The van der Waals surface area contributed by atoms with Crippen molar-refractivity contribution < 1.29 is 37.0 Å². The maximum atomic E-state index is 13.6. The Morgan fingerprint density at radius 3 is 2.51 bits per heavy atom. The number of ether oxygens (including phenoxy) is 2. The summed E-state index contributed by atoms with van der Waals surface area (Å²) >= 11 is 0. The number of carbonyl (C=O) groups excluding carboxylic acids is 1. The lowest BCUT2D eigenvalue weighted by Gasteiger charge is -2.62. The number of quaternary nitrogens is 1. The van der Waals surface area contributed by atoms with Crippen molar-refractivity contribution in [1.29, 1.82) is 0 Å². The Hall–Kier alpha value is -3.60. The van der Waals surface area contributed by atoms with Gasteiger partial charge in [-0.05, 0) is 47.3 Å². The fourth-order valence-electron chi connectivity index (χ4n) is 9.45. The number of hydrogen-bond donors (Lipinski definition) is 2. The average Bonchev–Trinajstić information content (AvgIpc) is 3.38. The molecule has 2 saturated heterocycles. The molecule has 1 amide bonds. The predicted octanol–water partition coefficient (Wildman–Crippen LogP) is 5.54. The van der Waals surface area contributed by atoms with Crippen LogP contribution in [0, 0.1) is 11.3 Å². The van der Waals surface area contributed by atoms with Gasteiger partial charge < -0.3 is 29.3 Å². The molecule has 47 heavy (non-hydrogen) atoms. The molecule has 2 bridgehead atoms. The van der Waals surface area contributed by atoms with E-state index in [0.717, 1.165) is 79.0 Å². The minimum absolute atomic E-state index is 0.147. The molecule has 0 radical (unpaired) electrons. The number of hydrogen-bond acceptors (Lipinski definition) is 5. The highest BCUT2D eigenvalue weighted by atomic mass is 19.4. The van der Waals surface area contributed by atoms with Gasteiger partial charge in [-0.3, -0.25) is 4.79 Å². The van der Waals surface area contributed by atoms with Gasteiger partial charge in [-0.15, -0.1) is 13.2 Å². The Labute approximate surface area is 273 Å². The van der Waals surface area contributed by atoms with E-state index in [4.69, 9.17) is 4.74 Å². The van der Waals surface area contributed by atoms with Crippen LogP contribution in [-0.2, 0) is 20.7 Å². The van der Waals surface area contributed by atoms with Crippen LogP contribution in [0.1, 0.15) is 43.2 Å². The van der Waals surface area contributed by atoms with Gasteiger partial charge in [0.15, 0.2) is 11.5 Å². The van der Waals surface area contributed by atoms with Gasteiger partial charge in [0, 0.05) is 50.4 Å². The molecule has 10 heteroatoms. The van der Waals surface area contributed by atoms with E-state index in [-0.39, 0.29) is 11.5 Å². The number of likely N-dealkylation sites (N-methyl/N-ethyl adjacent to an activating group) is 2. The number of benzene rings is 2. The zero-order chi connectivity index (χ0) is 33.2. The number of nitrogens with zero attached hydrogens (tertiary/aromatic N) is 2. The third kappa shape index (κ3) is 5.48. The molecule has 1 saturated carbocycles. The summed E-state index contributed by atoms with van der Waals surface area (Å²) in [4.78, 5) is 15.6. The minimum Gasteiger partial charge on any atom is -0.400 e. The third-order valence-corrected chi connectivity index (χ3v) is 11.5. The topological polar surface area (TPSA) is 71.0 Å². The van der Waals surface area contributed by atoms with E-state index >= 15 is 0 Å². The van der Waals surface area contributed by atoms with Gasteiger partial charge in [0.05, 0.1) is 32.3 Å². The van der Waals surface area contributed by atoms with Crippen LogP contribution >= 0.6 is 0 Å². The van der Waals surface area contributed by atoms with Crippen molar-refractivity contribution in [2.75, 3.05) is 34.2 Å². The lowest BCUT2D eigenvalue weighted by molar-refractivity contribution is -0.945. The maximum Gasteiger partial charge on any atom is 0.573 e. The number of aliphatic hydroxyl groups is 1. The van der Waals surface area contributed by atoms with Crippen molar-refractivity contribution in [1.82, 2.24) is 10.2 Å². The Morgan fingerprint density at radius 2 is 1.83 bits per heavy atom. The maximum absolute atomic E-state index is 13.6. The molecular formula is C37H43F3N3O4+. The summed E-state index contributed by atoms with van der Waals surface area (Å²) < 4.78 is 52.5. The summed E-state index contributed by atoms with van der Waals surface area (Å²) in [5, 5.41) is 14.9. The van der Waals surface area contributed by atoms with E-state index < -0.39 is 29.9 Å². The standard InChI is InChI=1S/C37H42F3N3O4/c1-42(2)28-23-36(45,41-34(44)30(47-37(38,39)40)21-25-13-8-5-9-14-25)33-32-26(28)22-29-27-15-10-16-31(46-33)35(27,32)18-20-43(29,3)19-17-24-11-6-4-7-12-24/h4-9,11-14,21,23,27,29,31,33,45H,10,15-20,22H2,1-3H3/p+1/t27-,29+,31-,33?,35+,36?,43?/m0/s1. The second kappa shape index (κ2) is 11.5. The number of likely N-dealkylation sites (tertiary alicyclic amines) is 1. The van der Waals surface area contributed by atoms with Crippen molar-refractivity contribution in [3.63, 3.8) is 0 Å². The molecule has 1 spiro atoms. The zero-order valence-corrected chi connectivity index (χ0v) is 27.1. The molecule has 2 aromatic carbocycles. The first-order valence-corrected chi connectivity index (χ1v) is 16.6. The number of rotatable bonds is 8. The molecule has 250 valence electrons. The fraction of sp³-hybridized carbons (Fsp3) is 0.486. The number of piperidine rings is 1. The van der Waals surface area contributed by atoms with Gasteiger partial charge in [-0.25, -0.2) is 0 Å². The van der Waals surface area contributed by atoms with Gasteiger partial charge in [-0.2, -0.15) is 0 Å². The van der Waals surface area contributed by atoms with Crippen LogP contribution in [0.3, 0.4) is 0 Å². The SMILES string of the molecule is CN(C)C1=CC(O)(NC(=O)C(=Cc2ccccc2)OC(F)(F)F)C2O[C@H]3CCC[C@H]4[C@H]5CC1=C2[C@@]34CC[N+]5(C)CCc1ccccc1. The van der Waals surface area contributed by atoms with Crippen LogP contribution in [0.5, 0.6) is 0 Å². The smallest absolute Gasteiger partial charge is 0.400 e. The van der Waals surface area contributed by atoms with Crippen molar-refractivity contribution in [2.45, 2.75) is 68.9 Å². The van der Waals surface area contributed by atoms with Crippen LogP contribution in [-0.4, -0.2) is 85.0 Å². The minimum atomic E-state index is -5.11. The molecule has 0 aromatic heterocycles. The van der Waals surface area contributed by atoms with Gasteiger partial charge in [0.25, 0.3) is 5.91 Å². The number of alkyl halides is 3. The van der Waals surface area contributed by atoms with E-state index in [0.29, 0.717) is 17.5 Å². The van der Waals surface area contributed by atoms with Crippen molar-refractivity contribution >= 4 is 12.0 Å². The van der Waals surface area contributed by atoms with E-state index in [2.05, 4.69) is 41.4 Å². The molecule has 2 heterocycles. The van der Waals surface area contributed by atoms with E-state index in [1.807, 2.05) is 25.1 Å². The molecule has 3 aliphatic carbocycles. The molecule has 2 aromatic rings. The van der Waals surface area contributed by atoms with Gasteiger partial charge >= 0.3 is 6.36 Å². The summed E-state index contributed by atoms with van der Waals surface area (Å²) in [7, 11) is 6.18. The zero-order valence-electron chi connectivity index (χ0n) is 27.1. The molecule has 2 N–H and O–H groups in total. The molecule has 5 aliphatic rings. The molecule has 3 fully saturated rings. The van der Waals surface area contributed by atoms with Crippen molar-refractivity contribution in [3.8, 4) is 0 Å². The first-order chi connectivity index (χ1) is 22.3. The van der Waals surface area contributed by atoms with Crippen LogP contribution in [0.2, 0.25) is 0 Å². The molecule has 2 aliphatic heterocycles. The summed E-state index contributed by atoms with van der Waals surface area (Å²) in [5.41, 5.74) is 2.22. The Kier molecular flexibility index (Phi) is 7.84.